The van der Waals surface area contributed by atoms with Crippen molar-refractivity contribution in [1.82, 2.24) is 15.5 Å². The van der Waals surface area contributed by atoms with Crippen LogP contribution in [0.5, 0.6) is 0 Å². The average molecular weight is 492 g/mol. The van der Waals surface area contributed by atoms with Gasteiger partial charge in [0.15, 0.2) is 0 Å². The molecule has 0 aliphatic carbocycles. The van der Waals surface area contributed by atoms with Gasteiger partial charge in [-0.2, -0.15) is 0 Å². The van der Waals surface area contributed by atoms with E-state index in [1.165, 1.54) is 12.0 Å². The normalized spacial score (nSPS) is 17.4. The lowest BCUT2D eigenvalue weighted by molar-refractivity contribution is -0.145. The first-order chi connectivity index (χ1) is 16.6. The van der Waals surface area contributed by atoms with Gasteiger partial charge in [0.2, 0.25) is 5.91 Å². The van der Waals surface area contributed by atoms with Crippen molar-refractivity contribution < 1.29 is 33.4 Å². The molecule has 2 atom stereocenters. The molecule has 1 fully saturated rings. The molecule has 0 saturated carbocycles. The Morgan fingerprint density at radius 3 is 2.43 bits per heavy atom. The molecule has 1 aliphatic heterocycles. The van der Waals surface area contributed by atoms with Crippen molar-refractivity contribution in [3.63, 3.8) is 0 Å². The third kappa shape index (κ3) is 10.2. The molecule has 1 saturated heterocycles. The summed E-state index contributed by atoms with van der Waals surface area (Å²) in [7, 11) is 1.26. The Balaban J connectivity index is 1.72. The van der Waals surface area contributed by atoms with Crippen LogP contribution in [0.4, 0.5) is 9.59 Å². The van der Waals surface area contributed by atoms with Crippen molar-refractivity contribution in [3.05, 3.63) is 35.9 Å². The SMILES string of the molecule is COC(=O)C1C[C@@H](NC(=O)CCCCCNC(=O)OC(C)(C)C)CN1C(=O)OCc1ccccc1. The number of esters is 1. The summed E-state index contributed by atoms with van der Waals surface area (Å²) in [6, 6.07) is 8.06. The van der Waals surface area contributed by atoms with E-state index < -0.39 is 29.8 Å². The number of ether oxygens (including phenoxy) is 3. The largest absolute Gasteiger partial charge is 0.467 e. The molecule has 1 aromatic rings. The zero-order valence-electron chi connectivity index (χ0n) is 21.0. The van der Waals surface area contributed by atoms with Gasteiger partial charge in [0, 0.05) is 32.0 Å². The number of benzene rings is 1. The van der Waals surface area contributed by atoms with E-state index in [1.54, 1.807) is 20.8 Å². The number of unbranched alkanes of at least 4 members (excludes halogenated alkanes) is 2. The van der Waals surface area contributed by atoms with Gasteiger partial charge < -0.3 is 24.8 Å². The molecular weight excluding hydrogens is 454 g/mol. The van der Waals surface area contributed by atoms with Gasteiger partial charge in [-0.05, 0) is 39.2 Å². The smallest absolute Gasteiger partial charge is 0.410 e. The van der Waals surface area contributed by atoms with Crippen LogP contribution >= 0.6 is 0 Å². The van der Waals surface area contributed by atoms with Crippen LogP contribution in [-0.4, -0.2) is 66.8 Å². The fourth-order valence-corrected chi connectivity index (χ4v) is 3.70. The van der Waals surface area contributed by atoms with Crippen molar-refractivity contribution >= 4 is 24.1 Å². The predicted molar refractivity (Wildman–Crippen MR) is 128 cm³/mol. The summed E-state index contributed by atoms with van der Waals surface area (Å²) in [6.07, 6.45) is 1.63. The maximum atomic E-state index is 12.6. The summed E-state index contributed by atoms with van der Waals surface area (Å²) < 4.78 is 15.4. The van der Waals surface area contributed by atoms with Gasteiger partial charge in [0.05, 0.1) is 7.11 Å². The fraction of sp³-hybridized carbons (Fsp3) is 0.600. The number of carbonyl (C=O) groups excluding carboxylic acids is 4. The number of amides is 3. The van der Waals surface area contributed by atoms with Gasteiger partial charge in [0.25, 0.3) is 0 Å². The number of hydrogen-bond donors (Lipinski definition) is 2. The van der Waals surface area contributed by atoms with Crippen LogP contribution < -0.4 is 10.6 Å². The summed E-state index contributed by atoms with van der Waals surface area (Å²) >= 11 is 0. The lowest BCUT2D eigenvalue weighted by Gasteiger charge is -2.21. The lowest BCUT2D eigenvalue weighted by Crippen LogP contribution is -2.42. The van der Waals surface area contributed by atoms with E-state index in [1.807, 2.05) is 30.3 Å². The molecule has 0 aromatic heterocycles. The zero-order chi connectivity index (χ0) is 25.8. The molecule has 2 rings (SSSR count). The number of carbonyl (C=O) groups is 4. The monoisotopic (exact) mass is 491 g/mol. The number of rotatable bonds is 10. The van der Waals surface area contributed by atoms with Crippen LogP contribution in [0, 0.1) is 0 Å². The number of methoxy groups -OCH3 is 1. The third-order valence-electron chi connectivity index (χ3n) is 5.33. The third-order valence-corrected chi connectivity index (χ3v) is 5.33. The maximum absolute atomic E-state index is 12.6. The van der Waals surface area contributed by atoms with E-state index in [-0.39, 0.29) is 31.5 Å². The number of nitrogens with zero attached hydrogens (tertiary/aromatic N) is 1. The summed E-state index contributed by atoms with van der Waals surface area (Å²) in [4.78, 5) is 50.1. The van der Waals surface area contributed by atoms with Crippen LogP contribution in [0.2, 0.25) is 0 Å². The van der Waals surface area contributed by atoms with Crippen molar-refractivity contribution in [2.75, 3.05) is 20.2 Å². The van der Waals surface area contributed by atoms with Crippen LogP contribution in [0.3, 0.4) is 0 Å². The van der Waals surface area contributed by atoms with Gasteiger partial charge >= 0.3 is 18.2 Å². The molecular formula is C25H37N3O7. The molecule has 3 amide bonds. The Hall–Kier alpha value is -3.30. The van der Waals surface area contributed by atoms with Gasteiger partial charge in [-0.3, -0.25) is 9.69 Å². The Labute approximate surface area is 206 Å². The van der Waals surface area contributed by atoms with E-state index in [4.69, 9.17) is 14.2 Å². The summed E-state index contributed by atoms with van der Waals surface area (Å²) in [5.41, 5.74) is 0.296. The molecule has 0 bridgehead atoms. The molecule has 194 valence electrons. The number of hydrogen-bond acceptors (Lipinski definition) is 7. The number of alkyl carbamates (subject to hydrolysis) is 1. The van der Waals surface area contributed by atoms with Crippen LogP contribution in [0.15, 0.2) is 30.3 Å². The molecule has 2 N–H and O–H groups in total. The molecule has 1 unspecified atom stereocenters. The van der Waals surface area contributed by atoms with Crippen LogP contribution in [0.1, 0.15) is 58.4 Å². The van der Waals surface area contributed by atoms with Crippen molar-refractivity contribution in [2.45, 2.75) is 77.2 Å². The second kappa shape index (κ2) is 13.6. The van der Waals surface area contributed by atoms with E-state index >= 15 is 0 Å². The number of nitrogens with one attached hydrogen (secondary N) is 2. The first-order valence-electron chi connectivity index (χ1n) is 11.9. The predicted octanol–water partition coefficient (Wildman–Crippen LogP) is 3.14. The van der Waals surface area contributed by atoms with Crippen molar-refractivity contribution in [2.24, 2.45) is 0 Å². The van der Waals surface area contributed by atoms with Crippen LogP contribution in [0.25, 0.3) is 0 Å². The highest BCUT2D eigenvalue weighted by atomic mass is 16.6. The topological polar surface area (TPSA) is 123 Å². The highest BCUT2D eigenvalue weighted by Crippen LogP contribution is 2.21. The Kier molecular flexibility index (Phi) is 10.8. The Morgan fingerprint density at radius 2 is 1.77 bits per heavy atom. The molecule has 1 heterocycles. The van der Waals surface area contributed by atoms with Crippen LogP contribution in [-0.2, 0) is 30.4 Å². The number of likely N-dealkylation sites (tertiary alicyclic amines) is 1. The average Bonchev–Trinajstić information content (AvgIpc) is 3.22. The maximum Gasteiger partial charge on any atom is 0.410 e. The first kappa shape index (κ1) is 27.9. The molecule has 35 heavy (non-hydrogen) atoms. The van der Waals surface area contributed by atoms with Crippen molar-refractivity contribution in [3.8, 4) is 0 Å². The highest BCUT2D eigenvalue weighted by molar-refractivity contribution is 5.83. The fourth-order valence-electron chi connectivity index (χ4n) is 3.70. The molecule has 0 radical (unpaired) electrons. The quantitative estimate of drug-likeness (QED) is 0.293. The molecule has 0 spiro atoms. The standard InChI is InChI=1S/C25H37N3O7/c1-25(2,3)35-23(31)26-14-10-6-9-13-21(29)27-19-15-20(22(30)33-4)28(16-19)24(32)34-17-18-11-7-5-8-12-18/h5,7-8,11-12,19-20H,6,9-10,13-17H2,1-4H3,(H,26,31)(H,27,29)/t19-,20?/m1/s1. The second-order valence-electron chi connectivity index (χ2n) is 9.47. The molecule has 10 heteroatoms. The minimum absolute atomic E-state index is 0.0872. The van der Waals surface area contributed by atoms with Gasteiger partial charge in [0.1, 0.15) is 18.2 Å². The van der Waals surface area contributed by atoms with E-state index in [2.05, 4.69) is 10.6 Å². The highest BCUT2D eigenvalue weighted by Gasteiger charge is 2.41. The van der Waals surface area contributed by atoms with Gasteiger partial charge in [-0.15, -0.1) is 0 Å². The summed E-state index contributed by atoms with van der Waals surface area (Å²) in [6.45, 7) is 6.13. The molecule has 10 nitrogen and oxygen atoms in total. The lowest BCUT2D eigenvalue weighted by atomic mass is 10.1. The Bertz CT molecular complexity index is 854. The van der Waals surface area contributed by atoms with E-state index in [9.17, 15) is 19.2 Å². The molecule has 1 aromatic carbocycles. The Morgan fingerprint density at radius 1 is 1.06 bits per heavy atom. The molecule has 1 aliphatic rings. The van der Waals surface area contributed by atoms with Gasteiger partial charge in [-0.25, -0.2) is 14.4 Å². The van der Waals surface area contributed by atoms with E-state index in [0.717, 1.165) is 18.4 Å². The summed E-state index contributed by atoms with van der Waals surface area (Å²) in [5, 5.41) is 5.58. The van der Waals surface area contributed by atoms with E-state index in [0.29, 0.717) is 19.4 Å². The first-order valence-corrected chi connectivity index (χ1v) is 11.9. The van der Waals surface area contributed by atoms with Crippen molar-refractivity contribution in [1.29, 1.82) is 0 Å². The zero-order valence-corrected chi connectivity index (χ0v) is 21.0. The minimum atomic E-state index is -0.812. The minimum Gasteiger partial charge on any atom is -0.467 e. The van der Waals surface area contributed by atoms with Gasteiger partial charge in [-0.1, -0.05) is 36.8 Å². The summed E-state index contributed by atoms with van der Waals surface area (Å²) in [5.74, 6) is -0.700. The second-order valence-corrected chi connectivity index (χ2v) is 9.47.